The molecule has 1 saturated carbocycles. The van der Waals surface area contributed by atoms with E-state index in [1.807, 2.05) is 0 Å². The molecular weight excluding hydrogens is 210 g/mol. The van der Waals surface area contributed by atoms with Crippen LogP contribution in [0.15, 0.2) is 0 Å². The van der Waals surface area contributed by atoms with Crippen LogP contribution in [0.2, 0.25) is 0 Å². The molecule has 0 spiro atoms. The molecule has 2 nitrogen and oxygen atoms in total. The molecule has 0 aromatic heterocycles. The van der Waals surface area contributed by atoms with Crippen molar-refractivity contribution in [3.8, 4) is 0 Å². The first kappa shape index (κ1) is 13.4. The Labute approximate surface area is 107 Å². The topological polar surface area (TPSA) is 21.3 Å². The van der Waals surface area contributed by atoms with E-state index in [9.17, 15) is 0 Å². The van der Waals surface area contributed by atoms with Gasteiger partial charge in [-0.2, -0.15) is 0 Å². The first-order valence-corrected chi connectivity index (χ1v) is 7.51. The number of ether oxygens (including phenoxy) is 1. The summed E-state index contributed by atoms with van der Waals surface area (Å²) in [4.78, 5) is 0. The Morgan fingerprint density at radius 2 is 2.00 bits per heavy atom. The molecule has 1 aliphatic carbocycles. The Bertz CT molecular complexity index is 227. The summed E-state index contributed by atoms with van der Waals surface area (Å²) in [6, 6.07) is 0.558. The Kier molecular flexibility index (Phi) is 4.48. The first-order valence-electron chi connectivity index (χ1n) is 7.51. The van der Waals surface area contributed by atoms with E-state index in [1.165, 1.54) is 44.9 Å². The van der Waals surface area contributed by atoms with Crippen LogP contribution in [0.3, 0.4) is 0 Å². The molecule has 2 unspecified atom stereocenters. The lowest BCUT2D eigenvalue weighted by atomic mass is 9.73. The van der Waals surface area contributed by atoms with Gasteiger partial charge in [0, 0.05) is 12.6 Å². The van der Waals surface area contributed by atoms with Crippen LogP contribution in [-0.2, 0) is 4.74 Å². The second kappa shape index (κ2) is 5.71. The quantitative estimate of drug-likeness (QED) is 0.812. The van der Waals surface area contributed by atoms with Crippen molar-refractivity contribution >= 4 is 0 Å². The monoisotopic (exact) mass is 239 g/mol. The lowest BCUT2D eigenvalue weighted by Crippen LogP contribution is -2.52. The normalized spacial score (nSPS) is 40.4. The fraction of sp³-hybridized carbons (Fsp3) is 1.00. The zero-order chi connectivity index (χ0) is 12.3. The van der Waals surface area contributed by atoms with E-state index in [2.05, 4.69) is 26.2 Å². The van der Waals surface area contributed by atoms with Crippen LogP contribution < -0.4 is 5.32 Å². The van der Waals surface area contributed by atoms with Crippen molar-refractivity contribution in [2.75, 3.05) is 13.7 Å². The molecule has 1 N–H and O–H groups in total. The summed E-state index contributed by atoms with van der Waals surface area (Å²) in [5.74, 6) is 1.81. The van der Waals surface area contributed by atoms with Gasteiger partial charge < -0.3 is 10.1 Å². The third-order valence-electron chi connectivity index (χ3n) is 5.16. The molecule has 2 aliphatic rings. The van der Waals surface area contributed by atoms with Crippen LogP contribution in [0.1, 0.15) is 58.8 Å². The molecule has 100 valence electrons. The van der Waals surface area contributed by atoms with Crippen LogP contribution >= 0.6 is 0 Å². The van der Waals surface area contributed by atoms with E-state index in [1.54, 1.807) is 0 Å². The van der Waals surface area contributed by atoms with Gasteiger partial charge in [-0.15, -0.1) is 0 Å². The fourth-order valence-corrected chi connectivity index (χ4v) is 4.02. The minimum atomic E-state index is 0.0957. The highest BCUT2D eigenvalue weighted by atomic mass is 16.5. The summed E-state index contributed by atoms with van der Waals surface area (Å²) < 4.78 is 6.04. The Balaban J connectivity index is 1.95. The molecule has 0 aromatic rings. The summed E-state index contributed by atoms with van der Waals surface area (Å²) in [7, 11) is 2.11. The molecule has 1 aliphatic heterocycles. The van der Waals surface area contributed by atoms with Gasteiger partial charge >= 0.3 is 0 Å². The zero-order valence-corrected chi connectivity index (χ0v) is 11.8. The van der Waals surface area contributed by atoms with Crippen molar-refractivity contribution in [3.05, 3.63) is 0 Å². The largest absolute Gasteiger partial charge is 0.374 e. The number of rotatable bonds is 4. The summed E-state index contributed by atoms with van der Waals surface area (Å²) in [5.41, 5.74) is 0.0957. The van der Waals surface area contributed by atoms with Gasteiger partial charge in [0.2, 0.25) is 0 Å². The van der Waals surface area contributed by atoms with Crippen LogP contribution in [0.5, 0.6) is 0 Å². The van der Waals surface area contributed by atoms with Crippen molar-refractivity contribution in [1.29, 1.82) is 0 Å². The van der Waals surface area contributed by atoms with Crippen molar-refractivity contribution in [1.82, 2.24) is 5.32 Å². The molecule has 0 aromatic carbocycles. The molecule has 0 amide bonds. The number of likely N-dealkylation sites (N-methyl/N-ethyl adjacent to an activating group) is 1. The maximum atomic E-state index is 6.04. The van der Waals surface area contributed by atoms with Gasteiger partial charge in [-0.25, -0.2) is 0 Å². The van der Waals surface area contributed by atoms with E-state index < -0.39 is 0 Å². The van der Waals surface area contributed by atoms with Crippen molar-refractivity contribution in [2.45, 2.75) is 70.4 Å². The van der Waals surface area contributed by atoms with Gasteiger partial charge in [0.15, 0.2) is 0 Å². The molecule has 2 atom stereocenters. The predicted octanol–water partition coefficient (Wildman–Crippen LogP) is 3.36. The minimum Gasteiger partial charge on any atom is -0.374 e. The highest BCUT2D eigenvalue weighted by Gasteiger charge is 2.42. The van der Waals surface area contributed by atoms with E-state index in [0.717, 1.165) is 18.4 Å². The Hall–Kier alpha value is -0.0800. The number of nitrogens with one attached hydrogen (secondary N) is 1. The van der Waals surface area contributed by atoms with Crippen LogP contribution in [-0.4, -0.2) is 25.3 Å². The molecular formula is C15H29NO. The van der Waals surface area contributed by atoms with Crippen molar-refractivity contribution in [3.63, 3.8) is 0 Å². The summed E-state index contributed by atoms with van der Waals surface area (Å²) in [6.07, 6.45) is 9.46. The van der Waals surface area contributed by atoms with Gasteiger partial charge in [-0.1, -0.05) is 26.2 Å². The maximum absolute atomic E-state index is 6.04. The lowest BCUT2D eigenvalue weighted by Gasteiger charge is -2.41. The molecule has 1 heterocycles. The molecule has 1 saturated heterocycles. The molecule has 0 radical (unpaired) electrons. The minimum absolute atomic E-state index is 0.0957. The Morgan fingerprint density at radius 3 is 2.47 bits per heavy atom. The average molecular weight is 239 g/mol. The summed E-state index contributed by atoms with van der Waals surface area (Å²) in [6.45, 7) is 5.61. The van der Waals surface area contributed by atoms with Gasteiger partial charge in [0.05, 0.1) is 5.60 Å². The highest BCUT2D eigenvalue weighted by molar-refractivity contribution is 4.97. The van der Waals surface area contributed by atoms with E-state index in [0.29, 0.717) is 6.04 Å². The zero-order valence-electron chi connectivity index (χ0n) is 11.8. The van der Waals surface area contributed by atoms with E-state index in [-0.39, 0.29) is 5.60 Å². The summed E-state index contributed by atoms with van der Waals surface area (Å²) >= 11 is 0. The van der Waals surface area contributed by atoms with Crippen LogP contribution in [0.25, 0.3) is 0 Å². The molecule has 0 bridgehead atoms. The van der Waals surface area contributed by atoms with Crippen molar-refractivity contribution < 1.29 is 4.74 Å². The SMILES string of the molecule is CCC1CCC(C(NC)C2(C)CCCO2)CC1. The fourth-order valence-electron chi connectivity index (χ4n) is 4.02. The smallest absolute Gasteiger partial charge is 0.0810 e. The molecule has 17 heavy (non-hydrogen) atoms. The van der Waals surface area contributed by atoms with Gasteiger partial charge in [-0.3, -0.25) is 0 Å². The third kappa shape index (κ3) is 2.85. The average Bonchev–Trinajstić information content (AvgIpc) is 2.78. The second-order valence-electron chi connectivity index (χ2n) is 6.22. The standard InChI is InChI=1S/C15H29NO/c1-4-12-6-8-13(9-7-12)14(16-3)15(2)10-5-11-17-15/h12-14,16H,4-11H2,1-3H3. The number of hydrogen-bond donors (Lipinski definition) is 1. The highest BCUT2D eigenvalue weighted by Crippen LogP contribution is 2.39. The first-order chi connectivity index (χ1) is 8.19. The molecule has 2 rings (SSSR count). The van der Waals surface area contributed by atoms with E-state index >= 15 is 0 Å². The molecule has 2 heteroatoms. The van der Waals surface area contributed by atoms with E-state index in [4.69, 9.17) is 4.74 Å². The van der Waals surface area contributed by atoms with Gasteiger partial charge in [0.1, 0.15) is 0 Å². The predicted molar refractivity (Wildman–Crippen MR) is 72.2 cm³/mol. The van der Waals surface area contributed by atoms with Gasteiger partial charge in [-0.05, 0) is 51.5 Å². The van der Waals surface area contributed by atoms with Crippen LogP contribution in [0.4, 0.5) is 0 Å². The van der Waals surface area contributed by atoms with Crippen LogP contribution in [0, 0.1) is 11.8 Å². The third-order valence-corrected chi connectivity index (χ3v) is 5.16. The summed E-state index contributed by atoms with van der Waals surface area (Å²) in [5, 5.41) is 3.56. The van der Waals surface area contributed by atoms with Crippen molar-refractivity contribution in [2.24, 2.45) is 11.8 Å². The van der Waals surface area contributed by atoms with Gasteiger partial charge in [0.25, 0.3) is 0 Å². The Morgan fingerprint density at radius 1 is 1.29 bits per heavy atom. The number of hydrogen-bond acceptors (Lipinski definition) is 2. The lowest BCUT2D eigenvalue weighted by molar-refractivity contribution is -0.0336. The molecule has 2 fully saturated rings. The second-order valence-corrected chi connectivity index (χ2v) is 6.22. The maximum Gasteiger partial charge on any atom is 0.0810 e.